The van der Waals surface area contributed by atoms with E-state index in [0.717, 1.165) is 31.2 Å². The highest BCUT2D eigenvalue weighted by atomic mass is 32.1. The molecule has 2 fully saturated rings. The standard InChI is InChI=1S/C22H23N7O3S/c1-11-6-14(20(31)29-16(11)18(30)27-22(29)4-2-3-5-22)26-17-13-7-15(33-19(13)25-10-24-17)21(32)28-8-12(23)9-28/h6-7,10,12H,2-5,8-9,23H2,1H3,(H,27,30)(H,24,25,26). The molecular formula is C22H23N7O3S. The van der Waals surface area contributed by atoms with E-state index in [0.29, 0.717) is 45.4 Å². The van der Waals surface area contributed by atoms with Gasteiger partial charge >= 0.3 is 0 Å². The molecule has 33 heavy (non-hydrogen) atoms. The van der Waals surface area contributed by atoms with Crippen LogP contribution in [0.1, 0.15) is 51.4 Å². The first-order valence-corrected chi connectivity index (χ1v) is 11.8. The number of nitrogens with two attached hydrogens (primary N) is 1. The van der Waals surface area contributed by atoms with Crippen LogP contribution in [0.5, 0.6) is 0 Å². The summed E-state index contributed by atoms with van der Waals surface area (Å²) in [5.74, 6) is 0.173. The minimum atomic E-state index is -0.646. The van der Waals surface area contributed by atoms with Crippen molar-refractivity contribution >= 4 is 44.9 Å². The van der Waals surface area contributed by atoms with E-state index in [4.69, 9.17) is 5.73 Å². The van der Waals surface area contributed by atoms with Gasteiger partial charge in [-0.1, -0.05) is 0 Å². The van der Waals surface area contributed by atoms with Crippen LogP contribution in [-0.2, 0) is 5.66 Å². The number of thiophene rings is 1. The third-order valence-electron chi connectivity index (χ3n) is 6.80. The fraction of sp³-hybridized carbons (Fsp3) is 0.409. The van der Waals surface area contributed by atoms with Gasteiger partial charge in [0.05, 0.1) is 10.3 Å². The second-order valence-corrected chi connectivity index (χ2v) is 10.1. The lowest BCUT2D eigenvalue weighted by Crippen LogP contribution is -2.57. The molecule has 6 rings (SSSR count). The predicted molar refractivity (Wildman–Crippen MR) is 124 cm³/mol. The van der Waals surface area contributed by atoms with Crippen LogP contribution < -0.4 is 21.9 Å². The lowest BCUT2D eigenvalue weighted by Gasteiger charge is -2.36. The number of nitrogens with zero attached hydrogens (tertiary/aromatic N) is 4. The molecule has 11 heteroatoms. The third-order valence-corrected chi connectivity index (χ3v) is 7.83. The van der Waals surface area contributed by atoms with Crippen LogP contribution in [0.3, 0.4) is 0 Å². The average molecular weight is 466 g/mol. The smallest absolute Gasteiger partial charge is 0.276 e. The Kier molecular flexibility index (Phi) is 4.36. The number of amides is 2. The number of anilines is 2. The molecule has 3 aliphatic rings. The van der Waals surface area contributed by atoms with Gasteiger partial charge in [0.2, 0.25) is 0 Å². The molecule has 1 spiro atoms. The Morgan fingerprint density at radius 2 is 2.00 bits per heavy atom. The molecule has 5 heterocycles. The van der Waals surface area contributed by atoms with Crippen LogP contribution in [0, 0.1) is 6.92 Å². The Morgan fingerprint density at radius 1 is 1.24 bits per heavy atom. The Labute approximate surface area is 192 Å². The molecular weight excluding hydrogens is 442 g/mol. The Morgan fingerprint density at radius 3 is 2.73 bits per heavy atom. The second kappa shape index (κ2) is 7.09. The molecule has 3 aromatic rings. The zero-order valence-corrected chi connectivity index (χ0v) is 18.9. The molecule has 0 unspecified atom stereocenters. The number of carbonyl (C=O) groups is 2. The number of rotatable bonds is 3. The summed E-state index contributed by atoms with van der Waals surface area (Å²) < 4.78 is 1.63. The van der Waals surface area contributed by atoms with E-state index in [2.05, 4.69) is 20.6 Å². The summed E-state index contributed by atoms with van der Waals surface area (Å²) >= 11 is 1.29. The summed E-state index contributed by atoms with van der Waals surface area (Å²) in [6.07, 6.45) is 4.81. The Hall–Kier alpha value is -3.31. The summed E-state index contributed by atoms with van der Waals surface area (Å²) in [6, 6.07) is 3.48. The topological polar surface area (TPSA) is 135 Å². The number of likely N-dealkylation sites (tertiary alicyclic amines) is 1. The van der Waals surface area contributed by atoms with Crippen molar-refractivity contribution in [3.05, 3.63) is 44.9 Å². The highest BCUT2D eigenvalue weighted by Crippen LogP contribution is 2.39. The normalized spacial score (nSPS) is 19.1. The molecule has 0 bridgehead atoms. The van der Waals surface area contributed by atoms with Crippen LogP contribution in [0.15, 0.2) is 23.3 Å². The van der Waals surface area contributed by atoms with Crippen LogP contribution >= 0.6 is 11.3 Å². The maximum absolute atomic E-state index is 13.5. The molecule has 0 aromatic carbocycles. The van der Waals surface area contributed by atoms with Gasteiger partial charge in [0, 0.05) is 19.1 Å². The van der Waals surface area contributed by atoms with E-state index in [1.807, 2.05) is 6.92 Å². The number of aromatic nitrogens is 3. The van der Waals surface area contributed by atoms with Crippen molar-refractivity contribution in [2.24, 2.45) is 5.73 Å². The molecule has 0 radical (unpaired) electrons. The predicted octanol–water partition coefficient (Wildman–Crippen LogP) is 1.66. The molecule has 10 nitrogen and oxygen atoms in total. The SMILES string of the molecule is Cc1cc(Nc2ncnc3sc(C(=O)N4CC(N)C4)cc23)c(=O)n2c1C(=O)NC21CCCC1. The fourth-order valence-corrected chi connectivity index (χ4v) is 6.15. The second-order valence-electron chi connectivity index (χ2n) is 9.07. The Balaban J connectivity index is 1.40. The first-order valence-electron chi connectivity index (χ1n) is 11.0. The summed E-state index contributed by atoms with van der Waals surface area (Å²) in [5.41, 5.74) is 6.39. The van der Waals surface area contributed by atoms with E-state index in [1.165, 1.54) is 17.7 Å². The van der Waals surface area contributed by atoms with Crippen molar-refractivity contribution in [3.63, 3.8) is 0 Å². The van der Waals surface area contributed by atoms with Crippen molar-refractivity contribution < 1.29 is 9.59 Å². The molecule has 1 saturated carbocycles. The first kappa shape index (κ1) is 20.3. The summed E-state index contributed by atoms with van der Waals surface area (Å²) in [4.78, 5) is 50.5. The molecule has 4 N–H and O–H groups in total. The highest BCUT2D eigenvalue weighted by Gasteiger charge is 2.46. The van der Waals surface area contributed by atoms with Gasteiger partial charge in [-0.2, -0.15) is 0 Å². The first-order chi connectivity index (χ1) is 15.9. The maximum Gasteiger partial charge on any atom is 0.276 e. The molecule has 3 aromatic heterocycles. The van der Waals surface area contributed by atoms with Crippen molar-refractivity contribution in [2.75, 3.05) is 18.4 Å². The van der Waals surface area contributed by atoms with E-state index in [1.54, 1.807) is 21.6 Å². The third kappa shape index (κ3) is 2.99. The molecule has 1 saturated heterocycles. The van der Waals surface area contributed by atoms with Gasteiger partial charge in [-0.05, 0) is 50.3 Å². The van der Waals surface area contributed by atoms with Crippen molar-refractivity contribution in [3.8, 4) is 0 Å². The van der Waals surface area contributed by atoms with Crippen LogP contribution in [-0.4, -0.2) is 50.4 Å². The number of nitrogens with one attached hydrogen (secondary N) is 2. The van der Waals surface area contributed by atoms with Gasteiger partial charge in [0.1, 0.15) is 34.0 Å². The highest BCUT2D eigenvalue weighted by molar-refractivity contribution is 7.20. The number of carbonyl (C=O) groups excluding carboxylic acids is 2. The number of hydrogen-bond acceptors (Lipinski definition) is 8. The van der Waals surface area contributed by atoms with Crippen LogP contribution in [0.2, 0.25) is 0 Å². The van der Waals surface area contributed by atoms with Crippen molar-refractivity contribution in [1.29, 1.82) is 0 Å². The minimum absolute atomic E-state index is 0.0286. The molecule has 1 aliphatic carbocycles. The largest absolute Gasteiger partial charge is 0.335 e. The molecule has 170 valence electrons. The summed E-state index contributed by atoms with van der Waals surface area (Å²) in [5, 5.41) is 6.89. The number of fused-ring (bicyclic) bond motifs is 3. The zero-order chi connectivity index (χ0) is 22.9. The van der Waals surface area contributed by atoms with Crippen molar-refractivity contribution in [1.82, 2.24) is 24.8 Å². The maximum atomic E-state index is 13.5. The number of aryl methyl sites for hydroxylation is 1. The molecule has 2 amide bonds. The average Bonchev–Trinajstić information content (AvgIpc) is 3.47. The number of hydrogen-bond donors (Lipinski definition) is 3. The van der Waals surface area contributed by atoms with Crippen LogP contribution in [0.25, 0.3) is 10.2 Å². The van der Waals surface area contributed by atoms with Crippen LogP contribution in [0.4, 0.5) is 11.5 Å². The quantitative estimate of drug-likeness (QED) is 0.535. The number of pyridine rings is 1. The molecule has 0 atom stereocenters. The van der Waals surface area contributed by atoms with Crippen molar-refractivity contribution in [2.45, 2.75) is 44.3 Å². The summed E-state index contributed by atoms with van der Waals surface area (Å²) in [6.45, 7) is 2.92. The van der Waals surface area contributed by atoms with Gasteiger partial charge in [0.25, 0.3) is 17.4 Å². The van der Waals surface area contributed by atoms with Gasteiger partial charge in [0.15, 0.2) is 0 Å². The molecule has 2 aliphatic heterocycles. The lowest BCUT2D eigenvalue weighted by molar-refractivity contribution is 0.0613. The Bertz CT molecular complexity index is 1380. The summed E-state index contributed by atoms with van der Waals surface area (Å²) in [7, 11) is 0. The monoisotopic (exact) mass is 465 g/mol. The van der Waals surface area contributed by atoms with Gasteiger partial charge in [-0.3, -0.25) is 19.0 Å². The van der Waals surface area contributed by atoms with E-state index >= 15 is 0 Å². The fourth-order valence-electron chi connectivity index (χ4n) is 5.18. The minimum Gasteiger partial charge on any atom is -0.335 e. The van der Waals surface area contributed by atoms with Gasteiger partial charge in [-0.25, -0.2) is 9.97 Å². The zero-order valence-electron chi connectivity index (χ0n) is 18.1. The van der Waals surface area contributed by atoms with E-state index in [-0.39, 0.29) is 23.4 Å². The lowest BCUT2D eigenvalue weighted by atomic mass is 10.1. The van der Waals surface area contributed by atoms with Gasteiger partial charge < -0.3 is 21.3 Å². The van der Waals surface area contributed by atoms with E-state index in [9.17, 15) is 14.4 Å². The van der Waals surface area contributed by atoms with Gasteiger partial charge in [-0.15, -0.1) is 11.3 Å². The van der Waals surface area contributed by atoms with E-state index < -0.39 is 5.66 Å².